The summed E-state index contributed by atoms with van der Waals surface area (Å²) in [6.45, 7) is 6.55. The Balaban J connectivity index is 1.86. The summed E-state index contributed by atoms with van der Waals surface area (Å²) in [4.78, 5) is 17.4. The molecule has 0 spiro atoms. The molecule has 0 fully saturated rings. The van der Waals surface area contributed by atoms with Gasteiger partial charge in [0, 0.05) is 18.2 Å². The molecule has 1 heterocycles. The minimum atomic E-state index is -0.309. The Kier molecular flexibility index (Phi) is 5.88. The van der Waals surface area contributed by atoms with Gasteiger partial charge in [-0.25, -0.2) is 4.79 Å². The Morgan fingerprint density at radius 2 is 1.96 bits per heavy atom. The van der Waals surface area contributed by atoms with Crippen molar-refractivity contribution in [3.05, 3.63) is 69.6 Å². The van der Waals surface area contributed by atoms with Crippen LogP contribution in [0.5, 0.6) is 5.75 Å². The predicted octanol–water partition coefficient (Wildman–Crippen LogP) is 2.61. The van der Waals surface area contributed by atoms with Crippen molar-refractivity contribution in [3.63, 3.8) is 0 Å². The quantitative estimate of drug-likeness (QED) is 0.464. The van der Waals surface area contributed by atoms with E-state index in [1.807, 2.05) is 63.2 Å². The molecule has 28 heavy (non-hydrogen) atoms. The second-order valence-electron chi connectivity index (χ2n) is 6.28. The van der Waals surface area contributed by atoms with E-state index >= 15 is 0 Å². The molecule has 3 rings (SSSR count). The monoisotopic (exact) mass is 381 g/mol. The fraction of sp³-hybridized carbons (Fsp3) is 0.300. The number of ether oxygens (including phenoxy) is 1. The molecule has 0 bridgehead atoms. The molecule has 8 heteroatoms. The van der Waals surface area contributed by atoms with Crippen LogP contribution in [-0.2, 0) is 18.5 Å². The van der Waals surface area contributed by atoms with E-state index in [0.717, 1.165) is 22.4 Å². The van der Waals surface area contributed by atoms with Crippen LogP contribution in [0.25, 0.3) is 5.69 Å². The Hall–Kier alpha value is -3.42. The Bertz CT molecular complexity index is 1050. The minimum Gasteiger partial charge on any atom is -0.489 e. The molecule has 0 unspecified atom stereocenters. The number of nitrogens with zero attached hydrogens (tertiary/aromatic N) is 5. The van der Waals surface area contributed by atoms with E-state index in [-0.39, 0.29) is 12.3 Å². The number of aryl methyl sites for hydroxylation is 2. The van der Waals surface area contributed by atoms with Gasteiger partial charge in [0.15, 0.2) is 0 Å². The van der Waals surface area contributed by atoms with Crippen molar-refractivity contribution in [2.24, 2.45) is 12.2 Å². The third-order valence-electron chi connectivity index (χ3n) is 4.30. The summed E-state index contributed by atoms with van der Waals surface area (Å²) in [6.07, 6.45) is 0. The van der Waals surface area contributed by atoms with Crippen LogP contribution in [0.2, 0.25) is 0 Å². The maximum atomic E-state index is 12.2. The lowest BCUT2D eigenvalue weighted by Crippen LogP contribution is -2.23. The van der Waals surface area contributed by atoms with E-state index in [0.29, 0.717) is 18.0 Å². The van der Waals surface area contributed by atoms with Crippen molar-refractivity contribution in [1.29, 1.82) is 0 Å². The lowest BCUT2D eigenvalue weighted by atomic mass is 10.1. The number of aromatic nitrogens is 4. The molecule has 146 valence electrons. The standard InChI is InChI=1S/C20H23N5O3/c1-5-28-21-15(3)16-9-7-10-17(12-16)27-13-18-14(2)8-6-11-19(18)25-20(26)24(4)22-23-25/h6-12H,5,13H2,1-4H3. The molecule has 0 aliphatic carbocycles. The fourth-order valence-electron chi connectivity index (χ4n) is 2.72. The Labute approximate surface area is 163 Å². The van der Waals surface area contributed by atoms with Crippen molar-refractivity contribution in [2.75, 3.05) is 6.61 Å². The predicted molar refractivity (Wildman–Crippen MR) is 106 cm³/mol. The van der Waals surface area contributed by atoms with E-state index in [2.05, 4.69) is 15.6 Å². The largest absolute Gasteiger partial charge is 0.489 e. The minimum absolute atomic E-state index is 0.288. The first kappa shape index (κ1) is 19.3. The average Bonchev–Trinajstić information content (AvgIpc) is 3.03. The van der Waals surface area contributed by atoms with Crippen LogP contribution in [0.3, 0.4) is 0 Å². The van der Waals surface area contributed by atoms with Crippen LogP contribution in [0, 0.1) is 6.92 Å². The highest BCUT2D eigenvalue weighted by atomic mass is 16.6. The number of hydrogen-bond donors (Lipinski definition) is 0. The van der Waals surface area contributed by atoms with Gasteiger partial charge in [-0.05, 0) is 55.0 Å². The van der Waals surface area contributed by atoms with Gasteiger partial charge in [-0.2, -0.15) is 9.36 Å². The summed E-state index contributed by atoms with van der Waals surface area (Å²) >= 11 is 0. The van der Waals surface area contributed by atoms with E-state index in [9.17, 15) is 4.79 Å². The first-order chi connectivity index (χ1) is 13.5. The van der Waals surface area contributed by atoms with Gasteiger partial charge in [0.1, 0.15) is 19.0 Å². The molecule has 0 aliphatic rings. The zero-order valence-corrected chi connectivity index (χ0v) is 16.4. The second kappa shape index (κ2) is 8.51. The molecule has 0 atom stereocenters. The number of benzene rings is 2. The van der Waals surface area contributed by atoms with Crippen molar-refractivity contribution < 1.29 is 9.57 Å². The van der Waals surface area contributed by atoms with Gasteiger partial charge in [-0.3, -0.25) is 0 Å². The molecule has 0 radical (unpaired) electrons. The van der Waals surface area contributed by atoms with E-state index in [1.54, 1.807) is 7.05 Å². The molecular weight excluding hydrogens is 358 g/mol. The lowest BCUT2D eigenvalue weighted by molar-refractivity contribution is 0.159. The van der Waals surface area contributed by atoms with E-state index in [1.165, 1.54) is 9.36 Å². The van der Waals surface area contributed by atoms with Crippen LogP contribution >= 0.6 is 0 Å². The summed E-state index contributed by atoms with van der Waals surface area (Å²) < 4.78 is 8.48. The molecule has 3 aromatic rings. The van der Waals surface area contributed by atoms with Gasteiger partial charge in [0.2, 0.25) is 0 Å². The molecule has 0 N–H and O–H groups in total. The van der Waals surface area contributed by atoms with Gasteiger partial charge in [-0.15, -0.1) is 0 Å². The van der Waals surface area contributed by atoms with Gasteiger partial charge in [0.25, 0.3) is 0 Å². The number of rotatable bonds is 7. The van der Waals surface area contributed by atoms with E-state index in [4.69, 9.17) is 9.57 Å². The Morgan fingerprint density at radius 3 is 2.68 bits per heavy atom. The Morgan fingerprint density at radius 1 is 1.18 bits per heavy atom. The zero-order valence-electron chi connectivity index (χ0n) is 16.4. The number of hydrogen-bond acceptors (Lipinski definition) is 6. The van der Waals surface area contributed by atoms with Gasteiger partial charge in [0.05, 0.1) is 11.4 Å². The maximum Gasteiger partial charge on any atom is 0.368 e. The van der Waals surface area contributed by atoms with Crippen LogP contribution in [-0.4, -0.2) is 32.1 Å². The summed E-state index contributed by atoms with van der Waals surface area (Å²) in [6, 6.07) is 13.3. The summed E-state index contributed by atoms with van der Waals surface area (Å²) in [5, 5.41) is 11.8. The molecule has 2 aromatic carbocycles. The maximum absolute atomic E-state index is 12.2. The smallest absolute Gasteiger partial charge is 0.368 e. The normalized spacial score (nSPS) is 11.5. The molecule has 8 nitrogen and oxygen atoms in total. The first-order valence-corrected chi connectivity index (χ1v) is 8.99. The second-order valence-corrected chi connectivity index (χ2v) is 6.28. The number of oxime groups is 1. The average molecular weight is 381 g/mol. The molecule has 0 saturated heterocycles. The van der Waals surface area contributed by atoms with Crippen molar-refractivity contribution in [2.45, 2.75) is 27.4 Å². The van der Waals surface area contributed by atoms with Crippen molar-refractivity contribution >= 4 is 5.71 Å². The number of tetrazole rings is 1. The van der Waals surface area contributed by atoms with Crippen LogP contribution in [0.15, 0.2) is 52.4 Å². The van der Waals surface area contributed by atoms with Gasteiger partial charge >= 0.3 is 5.69 Å². The summed E-state index contributed by atoms with van der Waals surface area (Å²) in [5.41, 5.74) is 3.91. The fourth-order valence-corrected chi connectivity index (χ4v) is 2.72. The third-order valence-corrected chi connectivity index (χ3v) is 4.30. The highest BCUT2D eigenvalue weighted by Gasteiger charge is 2.13. The van der Waals surface area contributed by atoms with Crippen LogP contribution in [0.4, 0.5) is 0 Å². The van der Waals surface area contributed by atoms with E-state index < -0.39 is 0 Å². The zero-order chi connectivity index (χ0) is 20.1. The third kappa shape index (κ3) is 4.11. The summed E-state index contributed by atoms with van der Waals surface area (Å²) in [5.74, 6) is 0.698. The molecule has 0 saturated carbocycles. The summed E-state index contributed by atoms with van der Waals surface area (Å²) in [7, 11) is 1.56. The van der Waals surface area contributed by atoms with Crippen LogP contribution < -0.4 is 10.4 Å². The molecule has 0 amide bonds. The highest BCUT2D eigenvalue weighted by Crippen LogP contribution is 2.21. The van der Waals surface area contributed by atoms with Gasteiger partial charge < -0.3 is 9.57 Å². The van der Waals surface area contributed by atoms with Crippen LogP contribution in [0.1, 0.15) is 30.5 Å². The SMILES string of the molecule is CCON=C(C)c1cccc(OCc2c(C)cccc2-n2nnn(C)c2=O)c1. The highest BCUT2D eigenvalue weighted by molar-refractivity contribution is 5.98. The molecular formula is C20H23N5O3. The van der Waals surface area contributed by atoms with Crippen molar-refractivity contribution in [3.8, 4) is 11.4 Å². The topological polar surface area (TPSA) is 83.5 Å². The van der Waals surface area contributed by atoms with Crippen molar-refractivity contribution in [1.82, 2.24) is 19.8 Å². The lowest BCUT2D eigenvalue weighted by Gasteiger charge is -2.13. The molecule has 1 aromatic heterocycles. The first-order valence-electron chi connectivity index (χ1n) is 8.99. The molecule has 0 aliphatic heterocycles. The van der Waals surface area contributed by atoms with Gasteiger partial charge in [-0.1, -0.05) is 29.4 Å².